The zero-order chi connectivity index (χ0) is 68.7. The fraction of sp³-hybridized carbons (Fsp3) is 0.0444. The maximum atomic E-state index is 9.77. The molecule has 0 spiro atoms. The van der Waals surface area contributed by atoms with Gasteiger partial charge >= 0.3 is 0 Å². The van der Waals surface area contributed by atoms with Crippen LogP contribution < -0.4 is 19.6 Å². The summed E-state index contributed by atoms with van der Waals surface area (Å²) in [5.74, 6) is 0. The summed E-state index contributed by atoms with van der Waals surface area (Å²) < 4.78 is 0. The molecule has 0 aliphatic carbocycles. The van der Waals surface area contributed by atoms with Crippen LogP contribution in [0.1, 0.15) is 38.9 Å². The molecule has 0 aliphatic heterocycles. The monoisotopic (exact) mass is 1280 g/mol. The van der Waals surface area contributed by atoms with Crippen LogP contribution in [0.5, 0.6) is 0 Å². The van der Waals surface area contributed by atoms with E-state index in [2.05, 4.69) is 213 Å². The van der Waals surface area contributed by atoms with E-state index in [1.165, 1.54) is 43.8 Å². The molecule has 0 heterocycles. The molecule has 0 aliphatic rings. The van der Waals surface area contributed by atoms with Crippen molar-refractivity contribution in [3.05, 3.63) is 352 Å². The second kappa shape index (κ2) is 25.8. The fourth-order valence-corrected chi connectivity index (χ4v) is 14.4. The van der Waals surface area contributed by atoms with E-state index in [0.29, 0.717) is 33.8 Å². The number of rotatable bonds is 12. The molecule has 10 heteroatoms. The summed E-state index contributed by atoms with van der Waals surface area (Å²) in [6.07, 6.45) is 0. The molecule has 100 heavy (non-hydrogen) atoms. The minimum atomic E-state index is 0.525. The van der Waals surface area contributed by atoms with Gasteiger partial charge in [0.2, 0.25) is 0 Å². The Morgan fingerprint density at radius 2 is 0.540 bits per heavy atom. The summed E-state index contributed by atoms with van der Waals surface area (Å²) in [6, 6.07) is 101. The average Bonchev–Trinajstić information content (AvgIpc) is 0.726. The van der Waals surface area contributed by atoms with Gasteiger partial charge < -0.3 is 19.6 Å². The first-order chi connectivity index (χ1) is 48.9. The zero-order valence-corrected chi connectivity index (χ0v) is 55.0. The Labute approximate surface area is 580 Å². The van der Waals surface area contributed by atoms with Crippen molar-refractivity contribution in [3.63, 3.8) is 0 Å². The molecule has 468 valence electrons. The van der Waals surface area contributed by atoms with Crippen LogP contribution >= 0.6 is 0 Å². The maximum absolute atomic E-state index is 9.77. The van der Waals surface area contributed by atoms with Gasteiger partial charge in [-0.2, -0.15) is 15.8 Å². The largest absolute Gasteiger partial charge is 0.312 e. The Bertz CT molecular complexity index is 5670. The third-order valence-corrected chi connectivity index (χ3v) is 18.5. The molecule has 0 aromatic heterocycles. The summed E-state index contributed by atoms with van der Waals surface area (Å²) in [5, 5.41) is 42.5. The molecule has 16 aromatic rings. The average molecular weight is 1280 g/mol. The van der Waals surface area contributed by atoms with Gasteiger partial charge in [-0.3, -0.25) is 0 Å². The van der Waals surface area contributed by atoms with Gasteiger partial charge in [-0.25, -0.2) is 14.5 Å². The highest BCUT2D eigenvalue weighted by Crippen LogP contribution is 2.51. The van der Waals surface area contributed by atoms with E-state index in [1.807, 2.05) is 121 Å². The second-order valence-electron chi connectivity index (χ2n) is 25.1. The highest BCUT2D eigenvalue weighted by atomic mass is 15.2. The van der Waals surface area contributed by atoms with Crippen molar-refractivity contribution >= 4 is 150 Å². The van der Waals surface area contributed by atoms with Crippen LogP contribution in [0.2, 0.25) is 0 Å². The molecule has 0 N–H and O–H groups in total. The number of aryl methyl sites for hydroxylation is 4. The molecule has 0 saturated carbocycles. The van der Waals surface area contributed by atoms with Gasteiger partial charge in [0.15, 0.2) is 17.1 Å². The number of nitriles is 3. The Balaban J connectivity index is 0.000000162. The highest BCUT2D eigenvalue weighted by Gasteiger charge is 2.26. The van der Waals surface area contributed by atoms with Gasteiger partial charge in [-0.05, 0) is 239 Å². The first-order valence-corrected chi connectivity index (χ1v) is 32.6. The quantitative estimate of drug-likeness (QED) is 0.0888. The third-order valence-electron chi connectivity index (χ3n) is 18.5. The van der Waals surface area contributed by atoms with Crippen molar-refractivity contribution < 1.29 is 0 Å². The van der Waals surface area contributed by atoms with Crippen LogP contribution in [-0.2, 0) is 0 Å². The van der Waals surface area contributed by atoms with E-state index in [9.17, 15) is 15.8 Å². The second-order valence-corrected chi connectivity index (χ2v) is 25.1. The van der Waals surface area contributed by atoms with E-state index in [0.717, 1.165) is 111 Å². The van der Waals surface area contributed by atoms with Gasteiger partial charge in [0.25, 0.3) is 0 Å². The van der Waals surface area contributed by atoms with Gasteiger partial charge in [-0.1, -0.05) is 133 Å². The van der Waals surface area contributed by atoms with Crippen molar-refractivity contribution in [1.29, 1.82) is 15.8 Å². The standard InChI is InChI=1S/C46H34N4.C44H24N6/c1-29-22-30(2)25-39(24-29)49(37-14-6-33(28-47)7-15-37)43-20-10-34-9-19-42-44(21-11-35-8-18-41(43)45(34)46(35)42)50(38-16-12-36(48-5)13-17-38)40-26-31(3)23-32(4)27-40;1-47-33-9-5-13-37(25-33)50(38-14-6-10-34(26-38)48-2)42-22-18-32-15-19-39-41(21-17-31-16-20-40(42)44(32)43(31)39)49(35-11-3-7-29(23-35)27-45)36-12-4-8-30(24-36)28-46/h6-27H,1-4H3;3-26H. The van der Waals surface area contributed by atoms with Gasteiger partial charge in [0.05, 0.1) is 77.4 Å². The molecule has 0 fully saturated rings. The van der Waals surface area contributed by atoms with Gasteiger partial charge in [0.1, 0.15) is 0 Å². The van der Waals surface area contributed by atoms with Crippen LogP contribution in [0, 0.1) is 81.4 Å². The lowest BCUT2D eigenvalue weighted by Crippen LogP contribution is -2.12. The highest BCUT2D eigenvalue weighted by molar-refractivity contribution is 6.30. The smallest absolute Gasteiger partial charge is 0.189 e. The first kappa shape index (κ1) is 61.9. The summed E-state index contributed by atoms with van der Waals surface area (Å²) in [7, 11) is 0. The Kier molecular flexibility index (Phi) is 16.0. The first-order valence-electron chi connectivity index (χ1n) is 32.6. The molecule has 0 bridgehead atoms. The predicted octanol–water partition coefficient (Wildman–Crippen LogP) is 25.5. The van der Waals surface area contributed by atoms with E-state index in [-0.39, 0.29) is 0 Å². The van der Waals surface area contributed by atoms with Crippen molar-refractivity contribution in [3.8, 4) is 18.2 Å². The van der Waals surface area contributed by atoms with Gasteiger partial charge in [-0.15, -0.1) is 0 Å². The molecule has 10 nitrogen and oxygen atoms in total. The fourth-order valence-electron chi connectivity index (χ4n) is 14.4. The number of benzene rings is 16. The molecule has 16 aromatic carbocycles. The van der Waals surface area contributed by atoms with Crippen molar-refractivity contribution in [2.75, 3.05) is 19.6 Å². The van der Waals surface area contributed by atoms with E-state index < -0.39 is 0 Å². The van der Waals surface area contributed by atoms with Crippen molar-refractivity contribution in [2.24, 2.45) is 0 Å². The van der Waals surface area contributed by atoms with Crippen LogP contribution in [0.25, 0.3) is 79.2 Å². The van der Waals surface area contributed by atoms with Crippen molar-refractivity contribution in [2.45, 2.75) is 27.7 Å². The summed E-state index contributed by atoms with van der Waals surface area (Å²) in [4.78, 5) is 19.9. The molecule has 0 radical (unpaired) electrons. The lowest BCUT2D eigenvalue weighted by atomic mass is 9.91. The Morgan fingerprint density at radius 1 is 0.250 bits per heavy atom. The molecule has 0 saturated heterocycles. The van der Waals surface area contributed by atoms with Crippen LogP contribution in [0.15, 0.2) is 279 Å². The number of nitrogens with zero attached hydrogens (tertiary/aromatic N) is 10. The SMILES string of the molecule is [C-]#[N+]c1ccc(N(c2cc(C)cc(C)c2)c2ccc3ccc4c(N(c5ccc(C#N)cc5)c5cc(C)cc(C)c5)ccc5ccc2c3c54)cc1.[C-]#[N+]c1cccc(N(c2cccc([N+]#[C-])c2)c2ccc3ccc4c(N(c5cccc(C#N)c5)c5cccc(C#N)c5)ccc5ccc2c3c54)c1. The normalized spacial score (nSPS) is 10.9. The lowest BCUT2D eigenvalue weighted by Gasteiger charge is -2.30. The van der Waals surface area contributed by atoms with Gasteiger partial charge in [0, 0.05) is 67.0 Å². The molecular formula is C90H58N10. The number of anilines is 12. The lowest BCUT2D eigenvalue weighted by molar-refractivity contribution is 1.26. The Morgan fingerprint density at radius 3 is 0.860 bits per heavy atom. The van der Waals surface area contributed by atoms with Crippen LogP contribution in [0.4, 0.5) is 85.3 Å². The summed E-state index contributed by atoms with van der Waals surface area (Å²) >= 11 is 0. The van der Waals surface area contributed by atoms with E-state index >= 15 is 0 Å². The summed E-state index contributed by atoms with van der Waals surface area (Å²) in [5.41, 5.74) is 19.5. The number of hydrogen-bond donors (Lipinski definition) is 0. The topological polar surface area (TPSA) is 97.4 Å². The molecule has 0 amide bonds. The van der Waals surface area contributed by atoms with Crippen LogP contribution in [-0.4, -0.2) is 0 Å². The number of hydrogen-bond acceptors (Lipinski definition) is 7. The minimum Gasteiger partial charge on any atom is -0.312 e. The van der Waals surface area contributed by atoms with E-state index in [4.69, 9.17) is 19.7 Å². The summed E-state index contributed by atoms with van der Waals surface area (Å²) in [6.45, 7) is 31.4. The molecule has 16 rings (SSSR count). The van der Waals surface area contributed by atoms with Crippen molar-refractivity contribution in [1.82, 2.24) is 0 Å². The maximum Gasteiger partial charge on any atom is 0.189 e. The van der Waals surface area contributed by atoms with Crippen LogP contribution in [0.3, 0.4) is 0 Å². The molecule has 0 unspecified atom stereocenters. The Hall–Kier alpha value is -14.3. The third kappa shape index (κ3) is 11.2. The van der Waals surface area contributed by atoms with E-state index in [1.54, 1.807) is 24.3 Å². The predicted molar refractivity (Wildman–Crippen MR) is 411 cm³/mol. The minimum absolute atomic E-state index is 0.525. The molecular weight excluding hydrogens is 1220 g/mol. The molecule has 0 atom stereocenters. The zero-order valence-electron chi connectivity index (χ0n) is 55.0.